The number of rotatable bonds is 4. The molecule has 0 radical (unpaired) electrons. The molecule has 0 saturated heterocycles. The van der Waals surface area contributed by atoms with Gasteiger partial charge in [-0.15, -0.1) is 0 Å². The number of anilines is 1. The van der Waals surface area contributed by atoms with E-state index < -0.39 is 11.7 Å². The SMILES string of the molecule is O=C(NNc1nc2ccccc2c(=O)[nH]1)c1ccc(-c2ccc(Cl)cc2)cc1F. The highest BCUT2D eigenvalue weighted by molar-refractivity contribution is 6.30. The average Bonchev–Trinajstić information content (AvgIpc) is 2.72. The fourth-order valence-electron chi connectivity index (χ4n) is 2.85. The number of H-pyrrole nitrogens is 1. The summed E-state index contributed by atoms with van der Waals surface area (Å²) in [5, 5.41) is 1.00. The number of halogens is 2. The lowest BCUT2D eigenvalue weighted by molar-refractivity contribution is 0.0958. The molecule has 0 aliphatic heterocycles. The van der Waals surface area contributed by atoms with E-state index in [1.54, 1.807) is 54.6 Å². The van der Waals surface area contributed by atoms with Crippen LogP contribution in [0.2, 0.25) is 5.02 Å². The molecule has 0 aliphatic rings. The number of hydrogen-bond donors (Lipinski definition) is 3. The third-order valence-electron chi connectivity index (χ3n) is 4.30. The first-order valence-corrected chi connectivity index (χ1v) is 9.00. The molecule has 29 heavy (non-hydrogen) atoms. The summed E-state index contributed by atoms with van der Waals surface area (Å²) >= 11 is 5.86. The number of amides is 1. The number of aromatic amines is 1. The van der Waals surface area contributed by atoms with Crippen molar-refractivity contribution in [3.8, 4) is 11.1 Å². The van der Waals surface area contributed by atoms with E-state index in [1.165, 1.54) is 12.1 Å². The normalized spacial score (nSPS) is 10.7. The van der Waals surface area contributed by atoms with Gasteiger partial charge in [0.05, 0.1) is 16.5 Å². The lowest BCUT2D eigenvalue weighted by Crippen LogP contribution is -2.32. The molecule has 4 aromatic rings. The number of carbonyl (C=O) groups excluding carboxylic acids is 1. The zero-order chi connectivity index (χ0) is 20.4. The number of hydrazine groups is 1. The Kier molecular flexibility index (Phi) is 4.97. The van der Waals surface area contributed by atoms with Gasteiger partial charge in [-0.25, -0.2) is 9.37 Å². The molecule has 3 N–H and O–H groups in total. The van der Waals surface area contributed by atoms with E-state index in [2.05, 4.69) is 20.8 Å². The number of nitrogens with one attached hydrogen (secondary N) is 3. The Balaban J connectivity index is 1.51. The third kappa shape index (κ3) is 3.95. The summed E-state index contributed by atoms with van der Waals surface area (Å²) in [6.45, 7) is 0. The highest BCUT2D eigenvalue weighted by Crippen LogP contribution is 2.23. The van der Waals surface area contributed by atoms with E-state index in [0.29, 0.717) is 21.5 Å². The van der Waals surface area contributed by atoms with E-state index in [-0.39, 0.29) is 17.1 Å². The van der Waals surface area contributed by atoms with Crippen molar-refractivity contribution < 1.29 is 9.18 Å². The van der Waals surface area contributed by atoms with Crippen LogP contribution >= 0.6 is 11.6 Å². The van der Waals surface area contributed by atoms with Crippen molar-refractivity contribution in [2.24, 2.45) is 0 Å². The van der Waals surface area contributed by atoms with Crippen LogP contribution in [-0.4, -0.2) is 15.9 Å². The van der Waals surface area contributed by atoms with E-state index >= 15 is 0 Å². The summed E-state index contributed by atoms with van der Waals surface area (Å²) in [4.78, 5) is 31.1. The second kappa shape index (κ2) is 7.73. The van der Waals surface area contributed by atoms with E-state index in [0.717, 1.165) is 5.56 Å². The first-order chi connectivity index (χ1) is 14.0. The van der Waals surface area contributed by atoms with Gasteiger partial charge >= 0.3 is 0 Å². The Morgan fingerprint density at radius 3 is 2.48 bits per heavy atom. The molecule has 144 valence electrons. The Hall–Kier alpha value is -3.71. The molecule has 8 heteroatoms. The molecule has 6 nitrogen and oxygen atoms in total. The molecule has 0 aliphatic carbocycles. The Bertz CT molecular complexity index is 1270. The lowest BCUT2D eigenvalue weighted by Gasteiger charge is -2.10. The molecule has 1 aromatic heterocycles. The number of carbonyl (C=O) groups is 1. The number of aromatic nitrogens is 2. The van der Waals surface area contributed by atoms with E-state index in [1.807, 2.05) is 0 Å². The highest BCUT2D eigenvalue weighted by atomic mass is 35.5. The van der Waals surface area contributed by atoms with Crippen molar-refractivity contribution in [3.63, 3.8) is 0 Å². The number of para-hydroxylation sites is 1. The topological polar surface area (TPSA) is 86.9 Å². The zero-order valence-corrected chi connectivity index (χ0v) is 15.6. The second-order valence-corrected chi connectivity index (χ2v) is 6.65. The molecule has 4 rings (SSSR count). The van der Waals surface area contributed by atoms with Crippen molar-refractivity contribution in [3.05, 3.63) is 93.5 Å². The third-order valence-corrected chi connectivity index (χ3v) is 4.55. The Morgan fingerprint density at radius 2 is 1.72 bits per heavy atom. The Morgan fingerprint density at radius 1 is 1.00 bits per heavy atom. The monoisotopic (exact) mass is 408 g/mol. The highest BCUT2D eigenvalue weighted by Gasteiger charge is 2.13. The van der Waals surface area contributed by atoms with Crippen molar-refractivity contribution in [1.82, 2.24) is 15.4 Å². The number of benzene rings is 3. The molecule has 0 spiro atoms. The molecule has 0 bridgehead atoms. The zero-order valence-electron chi connectivity index (χ0n) is 14.9. The van der Waals surface area contributed by atoms with Gasteiger partial charge in [-0.1, -0.05) is 41.9 Å². The van der Waals surface area contributed by atoms with Crippen LogP contribution in [0.1, 0.15) is 10.4 Å². The fourth-order valence-corrected chi connectivity index (χ4v) is 2.98. The predicted octanol–water partition coefficient (Wildman–Crippen LogP) is 4.14. The minimum Gasteiger partial charge on any atom is -0.291 e. The summed E-state index contributed by atoms with van der Waals surface area (Å²) in [5.74, 6) is -1.35. The van der Waals surface area contributed by atoms with Gasteiger partial charge in [0, 0.05) is 5.02 Å². The van der Waals surface area contributed by atoms with Crippen LogP contribution in [0, 0.1) is 5.82 Å². The minimum absolute atomic E-state index is 0.0419. The first-order valence-electron chi connectivity index (χ1n) is 8.62. The van der Waals surface area contributed by atoms with Gasteiger partial charge in [0.25, 0.3) is 11.5 Å². The van der Waals surface area contributed by atoms with Gasteiger partial charge in [-0.3, -0.25) is 25.4 Å². The second-order valence-electron chi connectivity index (χ2n) is 6.21. The summed E-state index contributed by atoms with van der Waals surface area (Å²) in [6, 6.07) is 18.0. The molecule has 1 amide bonds. The van der Waals surface area contributed by atoms with Crippen molar-refractivity contribution in [2.45, 2.75) is 0 Å². The van der Waals surface area contributed by atoms with Gasteiger partial charge in [-0.2, -0.15) is 0 Å². The van der Waals surface area contributed by atoms with Crippen LogP contribution < -0.4 is 16.4 Å². The predicted molar refractivity (Wildman–Crippen MR) is 110 cm³/mol. The van der Waals surface area contributed by atoms with Crippen LogP contribution in [0.3, 0.4) is 0 Å². The van der Waals surface area contributed by atoms with Crippen LogP contribution in [0.15, 0.2) is 71.5 Å². The molecule has 1 heterocycles. The van der Waals surface area contributed by atoms with Gasteiger partial charge in [0.15, 0.2) is 0 Å². The average molecular weight is 409 g/mol. The van der Waals surface area contributed by atoms with Crippen LogP contribution in [0.5, 0.6) is 0 Å². The Labute approximate surface area is 169 Å². The standard InChI is InChI=1S/C21H14ClFN4O2/c22-14-8-5-12(6-9-14)13-7-10-15(17(23)11-13)20(29)26-27-21-24-18-4-2-1-3-16(18)19(28)25-21/h1-11H,(H,26,29)(H2,24,25,27,28). The van der Waals surface area contributed by atoms with E-state index in [9.17, 15) is 14.0 Å². The van der Waals surface area contributed by atoms with Crippen molar-refractivity contribution in [1.29, 1.82) is 0 Å². The van der Waals surface area contributed by atoms with Crippen LogP contribution in [0.25, 0.3) is 22.0 Å². The fraction of sp³-hybridized carbons (Fsp3) is 0. The molecule has 3 aromatic carbocycles. The summed E-state index contributed by atoms with van der Waals surface area (Å²) < 4.78 is 14.5. The van der Waals surface area contributed by atoms with E-state index in [4.69, 9.17) is 11.6 Å². The van der Waals surface area contributed by atoms with Crippen molar-refractivity contribution in [2.75, 3.05) is 5.43 Å². The molecule has 0 atom stereocenters. The minimum atomic E-state index is -0.707. The molecule has 0 unspecified atom stereocenters. The molecular formula is C21H14ClFN4O2. The number of fused-ring (bicyclic) bond motifs is 1. The smallest absolute Gasteiger partial charge is 0.272 e. The van der Waals surface area contributed by atoms with Crippen LogP contribution in [0.4, 0.5) is 10.3 Å². The quantitative estimate of drug-likeness (QED) is 0.443. The van der Waals surface area contributed by atoms with Gasteiger partial charge in [0.1, 0.15) is 5.82 Å². The molecular weight excluding hydrogens is 395 g/mol. The number of hydrogen-bond acceptors (Lipinski definition) is 4. The maximum absolute atomic E-state index is 14.5. The van der Waals surface area contributed by atoms with Gasteiger partial charge in [-0.05, 0) is 47.5 Å². The van der Waals surface area contributed by atoms with Gasteiger partial charge < -0.3 is 0 Å². The maximum Gasteiger partial charge on any atom is 0.272 e. The summed E-state index contributed by atoms with van der Waals surface area (Å²) in [7, 11) is 0. The molecule has 0 fully saturated rings. The number of nitrogens with zero attached hydrogens (tertiary/aromatic N) is 1. The lowest BCUT2D eigenvalue weighted by atomic mass is 10.0. The largest absolute Gasteiger partial charge is 0.291 e. The first kappa shape index (κ1) is 18.6. The summed E-state index contributed by atoms with van der Waals surface area (Å²) in [6.07, 6.45) is 0. The maximum atomic E-state index is 14.5. The summed E-state index contributed by atoms with van der Waals surface area (Å²) in [5.41, 5.74) is 6.19. The van der Waals surface area contributed by atoms with Crippen molar-refractivity contribution >= 4 is 34.4 Å². The van der Waals surface area contributed by atoms with Gasteiger partial charge in [0.2, 0.25) is 5.95 Å². The van der Waals surface area contributed by atoms with Crippen LogP contribution in [-0.2, 0) is 0 Å². The molecule has 0 saturated carbocycles.